The zero-order chi connectivity index (χ0) is 26.3. The number of hydrogen-bond acceptors (Lipinski definition) is 6. The highest BCUT2D eigenvalue weighted by Crippen LogP contribution is 2.37. The summed E-state index contributed by atoms with van der Waals surface area (Å²) in [5.74, 6) is 1.39. The molecule has 0 bridgehead atoms. The van der Waals surface area contributed by atoms with Crippen LogP contribution >= 0.6 is 0 Å². The Balaban J connectivity index is 1.34. The number of pyridine rings is 1. The summed E-state index contributed by atoms with van der Waals surface area (Å²) in [7, 11) is 0. The van der Waals surface area contributed by atoms with Crippen LogP contribution in [0.4, 0.5) is 13.2 Å². The number of benzene rings is 3. The van der Waals surface area contributed by atoms with Crippen molar-refractivity contribution in [3.8, 4) is 17.2 Å². The molecule has 1 aromatic heterocycles. The third-order valence-corrected chi connectivity index (χ3v) is 5.72. The summed E-state index contributed by atoms with van der Waals surface area (Å²) in [5.41, 5.74) is -0.0738. The molecule has 0 saturated heterocycles. The normalized spacial score (nSPS) is 13.3. The minimum Gasteiger partial charge on any atom is -0.491 e. The molecule has 0 saturated carbocycles. The fourth-order valence-electron chi connectivity index (χ4n) is 3.85. The number of ether oxygens (including phenoxy) is 2. The Labute approximate surface area is 212 Å². The largest absolute Gasteiger partial charge is 0.491 e. The van der Waals surface area contributed by atoms with Crippen LogP contribution in [0.25, 0.3) is 10.9 Å². The van der Waals surface area contributed by atoms with Crippen molar-refractivity contribution in [2.24, 2.45) is 0 Å². The molecule has 0 fully saturated rings. The Bertz CT molecular complexity index is 1280. The van der Waals surface area contributed by atoms with Crippen LogP contribution in [0.3, 0.4) is 0 Å². The van der Waals surface area contributed by atoms with Crippen molar-refractivity contribution in [2.45, 2.75) is 24.7 Å². The molecule has 0 amide bonds. The molecule has 3 N–H and O–H groups in total. The van der Waals surface area contributed by atoms with E-state index in [1.54, 1.807) is 24.3 Å². The lowest BCUT2D eigenvalue weighted by atomic mass is 10.1. The highest BCUT2D eigenvalue weighted by atomic mass is 19.4. The smallest absolute Gasteiger partial charge is 0.418 e. The van der Waals surface area contributed by atoms with Gasteiger partial charge in [0.05, 0.1) is 17.7 Å². The topological polar surface area (TPSA) is 83.8 Å². The molecule has 3 aromatic carbocycles. The molecule has 6 nitrogen and oxygen atoms in total. The first-order valence-electron chi connectivity index (χ1n) is 11.8. The van der Waals surface area contributed by atoms with E-state index in [9.17, 15) is 23.4 Å². The van der Waals surface area contributed by atoms with E-state index in [4.69, 9.17) is 9.47 Å². The Hall–Kier alpha value is -3.66. The summed E-state index contributed by atoms with van der Waals surface area (Å²) in [4.78, 5) is 3.91. The molecule has 0 aliphatic rings. The molecular weight excluding hydrogens is 485 g/mol. The fourth-order valence-corrected chi connectivity index (χ4v) is 3.85. The number of nitrogens with zero attached hydrogens (tertiary/aromatic N) is 1. The van der Waals surface area contributed by atoms with Crippen LogP contribution in [-0.2, 0) is 12.6 Å². The van der Waals surface area contributed by atoms with Crippen molar-refractivity contribution in [2.75, 3.05) is 19.8 Å². The van der Waals surface area contributed by atoms with Crippen molar-refractivity contribution >= 4 is 10.9 Å². The van der Waals surface area contributed by atoms with Gasteiger partial charge in [0.25, 0.3) is 0 Å². The molecule has 37 heavy (non-hydrogen) atoms. The van der Waals surface area contributed by atoms with E-state index in [0.29, 0.717) is 17.9 Å². The molecule has 2 atom stereocenters. The highest BCUT2D eigenvalue weighted by molar-refractivity contribution is 5.88. The molecule has 4 rings (SSSR count). The molecule has 0 spiro atoms. The Morgan fingerprint density at radius 2 is 1.65 bits per heavy atom. The summed E-state index contributed by atoms with van der Waals surface area (Å²) in [6.45, 7) is 0.235. The van der Waals surface area contributed by atoms with Gasteiger partial charge in [-0.3, -0.25) is 4.98 Å². The van der Waals surface area contributed by atoms with Crippen molar-refractivity contribution in [1.82, 2.24) is 10.3 Å². The molecule has 194 valence electrons. The van der Waals surface area contributed by atoms with Crippen LogP contribution in [0.1, 0.15) is 11.1 Å². The van der Waals surface area contributed by atoms with E-state index in [0.717, 1.165) is 11.6 Å². The molecule has 0 radical (unpaired) electrons. The van der Waals surface area contributed by atoms with E-state index in [1.165, 1.54) is 24.4 Å². The Morgan fingerprint density at radius 3 is 2.35 bits per heavy atom. The van der Waals surface area contributed by atoms with Gasteiger partial charge in [0.2, 0.25) is 0 Å². The summed E-state index contributed by atoms with van der Waals surface area (Å²) in [6, 6.07) is 21.4. The van der Waals surface area contributed by atoms with Gasteiger partial charge in [-0.1, -0.05) is 36.4 Å². The molecule has 4 aromatic rings. The third kappa shape index (κ3) is 7.19. The van der Waals surface area contributed by atoms with Crippen molar-refractivity contribution in [3.63, 3.8) is 0 Å². The van der Waals surface area contributed by atoms with Gasteiger partial charge >= 0.3 is 6.18 Å². The molecule has 0 aliphatic heterocycles. The molecule has 1 heterocycles. The lowest BCUT2D eigenvalue weighted by Gasteiger charge is -2.19. The number of rotatable bonds is 11. The van der Waals surface area contributed by atoms with Crippen LogP contribution in [0.15, 0.2) is 85.1 Å². The average molecular weight is 513 g/mol. The average Bonchev–Trinajstić information content (AvgIpc) is 2.90. The zero-order valence-corrected chi connectivity index (χ0v) is 19.9. The second-order valence-corrected chi connectivity index (χ2v) is 8.52. The first-order valence-corrected chi connectivity index (χ1v) is 11.8. The van der Waals surface area contributed by atoms with Crippen LogP contribution in [0, 0.1) is 0 Å². The maximum Gasteiger partial charge on any atom is 0.418 e. The number of aliphatic hydroxyl groups is 2. The quantitative estimate of drug-likeness (QED) is 0.263. The summed E-state index contributed by atoms with van der Waals surface area (Å²) >= 11 is 0. The van der Waals surface area contributed by atoms with Crippen molar-refractivity contribution < 1.29 is 32.9 Å². The highest BCUT2D eigenvalue weighted by Gasteiger charge is 2.33. The number of aliphatic hydroxyl groups excluding tert-OH is 2. The number of para-hydroxylation sites is 2. The number of fused-ring (bicyclic) bond motifs is 1. The van der Waals surface area contributed by atoms with Crippen LogP contribution < -0.4 is 14.8 Å². The first-order chi connectivity index (χ1) is 17.8. The predicted molar refractivity (Wildman–Crippen MR) is 134 cm³/mol. The Kier molecular flexibility index (Phi) is 8.60. The van der Waals surface area contributed by atoms with E-state index in [1.807, 2.05) is 30.3 Å². The number of nitrogens with one attached hydrogen (secondary N) is 1. The van der Waals surface area contributed by atoms with Crippen LogP contribution in [0.5, 0.6) is 17.2 Å². The number of aromatic nitrogens is 1. The molecule has 9 heteroatoms. The summed E-state index contributed by atoms with van der Waals surface area (Å²) in [6.07, 6.45) is -3.48. The van der Waals surface area contributed by atoms with E-state index >= 15 is 0 Å². The van der Waals surface area contributed by atoms with Gasteiger partial charge in [-0.05, 0) is 54.4 Å². The lowest BCUT2D eigenvalue weighted by Crippen LogP contribution is -2.41. The third-order valence-electron chi connectivity index (χ3n) is 5.72. The number of alkyl halides is 3. The summed E-state index contributed by atoms with van der Waals surface area (Å²) < 4.78 is 51.4. The summed E-state index contributed by atoms with van der Waals surface area (Å²) in [5, 5.41) is 23.3. The second-order valence-electron chi connectivity index (χ2n) is 8.52. The fraction of sp³-hybridized carbons (Fsp3) is 0.250. The van der Waals surface area contributed by atoms with E-state index in [2.05, 4.69) is 10.3 Å². The van der Waals surface area contributed by atoms with Gasteiger partial charge in [0, 0.05) is 24.2 Å². The molecular formula is C28H27F3N2O4. The molecule has 0 aliphatic carbocycles. The maximum absolute atomic E-state index is 13.3. The van der Waals surface area contributed by atoms with Crippen LogP contribution in [-0.4, -0.2) is 47.1 Å². The predicted octanol–water partition coefficient (Wildman–Crippen LogP) is 4.98. The van der Waals surface area contributed by atoms with Gasteiger partial charge in [0.15, 0.2) is 0 Å². The van der Waals surface area contributed by atoms with Gasteiger partial charge in [0.1, 0.15) is 30.0 Å². The number of halogens is 3. The van der Waals surface area contributed by atoms with Crippen molar-refractivity contribution in [3.05, 3.63) is 96.2 Å². The standard InChI is InChI=1S/C28H27F3N2O4/c29-28(30,31)25-8-4-7-24-26(13-14-32-27(24)25)37-23-11-9-19(10-12-23)15-20(17-34)33-16-21(35)18-36-22-5-2-1-3-6-22/h1-14,20-21,33-35H,15-18H2/t20-,21-/m0/s1. The minimum absolute atomic E-state index is 0.120. The van der Waals surface area contributed by atoms with Gasteiger partial charge in [-0.25, -0.2) is 0 Å². The van der Waals surface area contributed by atoms with E-state index < -0.39 is 17.8 Å². The number of hydrogen-bond donors (Lipinski definition) is 3. The second kappa shape index (κ2) is 12.1. The van der Waals surface area contributed by atoms with Gasteiger partial charge < -0.3 is 25.0 Å². The minimum atomic E-state index is -4.52. The van der Waals surface area contributed by atoms with Crippen molar-refractivity contribution in [1.29, 1.82) is 0 Å². The van der Waals surface area contributed by atoms with E-state index in [-0.39, 0.29) is 42.5 Å². The Morgan fingerprint density at radius 1 is 0.892 bits per heavy atom. The lowest BCUT2D eigenvalue weighted by molar-refractivity contribution is -0.136. The molecule has 0 unspecified atom stereocenters. The van der Waals surface area contributed by atoms with Crippen LogP contribution in [0.2, 0.25) is 0 Å². The van der Waals surface area contributed by atoms with Gasteiger partial charge in [-0.2, -0.15) is 13.2 Å². The van der Waals surface area contributed by atoms with Gasteiger partial charge in [-0.15, -0.1) is 0 Å². The monoisotopic (exact) mass is 512 g/mol. The zero-order valence-electron chi connectivity index (χ0n) is 19.9. The SMILES string of the molecule is OC[C@H](Cc1ccc(Oc2ccnc3c(C(F)(F)F)cccc23)cc1)NC[C@H](O)COc1ccccc1. The maximum atomic E-state index is 13.3. The first kappa shape index (κ1) is 26.4.